The molecule has 2 aromatic rings. The fourth-order valence-corrected chi connectivity index (χ4v) is 3.57. The SMILES string of the molecule is CCNC(Cc1ccc(Br)s1)c1cccnc1OC. The average molecular weight is 341 g/mol. The summed E-state index contributed by atoms with van der Waals surface area (Å²) in [7, 11) is 1.66. The van der Waals surface area contributed by atoms with Gasteiger partial charge in [-0.05, 0) is 40.7 Å². The second-order valence-electron chi connectivity index (χ2n) is 4.12. The predicted octanol–water partition coefficient (Wildman–Crippen LogP) is 3.81. The molecule has 0 aliphatic rings. The Morgan fingerprint density at radius 2 is 2.26 bits per heavy atom. The lowest BCUT2D eigenvalue weighted by atomic mass is 10.0. The van der Waals surface area contributed by atoms with Crippen LogP contribution in [0.2, 0.25) is 0 Å². The van der Waals surface area contributed by atoms with Gasteiger partial charge in [0.05, 0.1) is 10.9 Å². The molecule has 3 nitrogen and oxygen atoms in total. The van der Waals surface area contributed by atoms with E-state index in [-0.39, 0.29) is 6.04 Å². The number of nitrogens with zero attached hydrogens (tertiary/aromatic N) is 1. The van der Waals surface area contributed by atoms with Gasteiger partial charge < -0.3 is 10.1 Å². The first-order valence-corrected chi connectivity index (χ1v) is 7.82. The summed E-state index contributed by atoms with van der Waals surface area (Å²) in [5.41, 5.74) is 1.11. The number of thiophene rings is 1. The molecule has 0 aliphatic carbocycles. The molecule has 1 atom stereocenters. The number of ether oxygens (including phenoxy) is 1. The summed E-state index contributed by atoms with van der Waals surface area (Å²) >= 11 is 5.27. The average Bonchev–Trinajstić information content (AvgIpc) is 2.84. The van der Waals surface area contributed by atoms with E-state index in [2.05, 4.69) is 51.4 Å². The second-order valence-corrected chi connectivity index (χ2v) is 6.67. The third kappa shape index (κ3) is 3.78. The number of halogens is 1. The third-order valence-corrected chi connectivity index (χ3v) is 4.50. The highest BCUT2D eigenvalue weighted by molar-refractivity contribution is 9.11. The zero-order valence-electron chi connectivity index (χ0n) is 11.0. The quantitative estimate of drug-likeness (QED) is 0.868. The van der Waals surface area contributed by atoms with Crippen molar-refractivity contribution < 1.29 is 4.74 Å². The van der Waals surface area contributed by atoms with E-state index in [0.29, 0.717) is 5.88 Å². The summed E-state index contributed by atoms with van der Waals surface area (Å²) in [4.78, 5) is 5.62. The molecule has 0 radical (unpaired) electrons. The Morgan fingerprint density at radius 1 is 1.42 bits per heavy atom. The van der Waals surface area contributed by atoms with Gasteiger partial charge in [0.2, 0.25) is 5.88 Å². The van der Waals surface area contributed by atoms with Crippen LogP contribution in [0.1, 0.15) is 23.4 Å². The lowest BCUT2D eigenvalue weighted by molar-refractivity contribution is 0.382. The Morgan fingerprint density at radius 3 is 2.89 bits per heavy atom. The van der Waals surface area contributed by atoms with Crippen LogP contribution in [0, 0.1) is 0 Å². The van der Waals surface area contributed by atoms with Gasteiger partial charge in [-0.25, -0.2) is 4.98 Å². The number of hydrogen-bond donors (Lipinski definition) is 1. The first kappa shape index (κ1) is 14.5. The van der Waals surface area contributed by atoms with Gasteiger partial charge >= 0.3 is 0 Å². The number of rotatable bonds is 6. The van der Waals surface area contributed by atoms with Crippen molar-refractivity contribution in [3.8, 4) is 5.88 Å². The molecule has 0 aromatic carbocycles. The molecule has 1 unspecified atom stereocenters. The fourth-order valence-electron chi connectivity index (χ4n) is 2.04. The second kappa shape index (κ2) is 7.03. The Bertz CT molecular complexity index is 530. The van der Waals surface area contributed by atoms with Crippen LogP contribution in [0.5, 0.6) is 5.88 Å². The van der Waals surface area contributed by atoms with Crippen LogP contribution in [0.3, 0.4) is 0 Å². The zero-order chi connectivity index (χ0) is 13.7. The van der Waals surface area contributed by atoms with Crippen LogP contribution >= 0.6 is 27.3 Å². The van der Waals surface area contributed by atoms with E-state index in [1.807, 2.05) is 6.07 Å². The monoisotopic (exact) mass is 340 g/mol. The van der Waals surface area contributed by atoms with Crippen LogP contribution in [-0.4, -0.2) is 18.6 Å². The number of likely N-dealkylation sites (N-methyl/N-ethyl adjacent to an activating group) is 1. The number of aromatic nitrogens is 1. The molecule has 0 spiro atoms. The summed E-state index contributed by atoms with van der Waals surface area (Å²) in [5.74, 6) is 0.698. The van der Waals surface area contributed by atoms with Crippen molar-refractivity contribution in [2.45, 2.75) is 19.4 Å². The zero-order valence-corrected chi connectivity index (χ0v) is 13.4. The molecule has 1 N–H and O–H groups in total. The Balaban J connectivity index is 2.23. The summed E-state index contributed by atoms with van der Waals surface area (Å²) in [6.07, 6.45) is 2.69. The van der Waals surface area contributed by atoms with Crippen LogP contribution in [0.4, 0.5) is 0 Å². The van der Waals surface area contributed by atoms with Crippen molar-refractivity contribution in [1.29, 1.82) is 0 Å². The topological polar surface area (TPSA) is 34.2 Å². The Kier molecular flexibility index (Phi) is 5.36. The first-order chi connectivity index (χ1) is 9.24. The lowest BCUT2D eigenvalue weighted by Crippen LogP contribution is -2.23. The van der Waals surface area contributed by atoms with Crippen LogP contribution < -0.4 is 10.1 Å². The molecule has 0 aliphatic heterocycles. The van der Waals surface area contributed by atoms with Crippen molar-refractivity contribution in [2.24, 2.45) is 0 Å². The van der Waals surface area contributed by atoms with E-state index in [9.17, 15) is 0 Å². The van der Waals surface area contributed by atoms with Crippen molar-refractivity contribution >= 4 is 27.3 Å². The summed E-state index contributed by atoms with van der Waals surface area (Å²) in [6.45, 7) is 3.02. The number of hydrogen-bond acceptors (Lipinski definition) is 4. The molecule has 0 amide bonds. The summed E-state index contributed by atoms with van der Waals surface area (Å²) in [5, 5.41) is 3.50. The molecule has 5 heteroatoms. The van der Waals surface area contributed by atoms with Gasteiger partial charge in [-0.15, -0.1) is 11.3 Å². The molecular weight excluding hydrogens is 324 g/mol. The maximum Gasteiger partial charge on any atom is 0.217 e. The highest BCUT2D eigenvalue weighted by Crippen LogP contribution is 2.29. The van der Waals surface area contributed by atoms with Gasteiger partial charge in [0, 0.05) is 29.1 Å². The van der Waals surface area contributed by atoms with E-state index < -0.39 is 0 Å². The Hall–Kier alpha value is -0.910. The highest BCUT2D eigenvalue weighted by Gasteiger charge is 2.17. The standard InChI is InChI=1S/C14H17BrN2OS/c1-3-16-12(9-10-6-7-13(15)19-10)11-5-4-8-17-14(11)18-2/h4-8,12,16H,3,9H2,1-2H3. The van der Waals surface area contributed by atoms with Crippen LogP contribution in [0.15, 0.2) is 34.2 Å². The van der Waals surface area contributed by atoms with Crippen molar-refractivity contribution in [3.63, 3.8) is 0 Å². The maximum atomic E-state index is 5.36. The van der Waals surface area contributed by atoms with Crippen molar-refractivity contribution in [2.75, 3.05) is 13.7 Å². The van der Waals surface area contributed by atoms with Gasteiger partial charge in [-0.3, -0.25) is 0 Å². The van der Waals surface area contributed by atoms with E-state index in [1.54, 1.807) is 24.6 Å². The number of methoxy groups -OCH3 is 1. The molecular formula is C14H17BrN2OS. The minimum absolute atomic E-state index is 0.221. The molecule has 19 heavy (non-hydrogen) atoms. The van der Waals surface area contributed by atoms with Gasteiger partial charge in [0.25, 0.3) is 0 Å². The smallest absolute Gasteiger partial charge is 0.217 e. The van der Waals surface area contributed by atoms with Gasteiger partial charge in [-0.2, -0.15) is 0 Å². The van der Waals surface area contributed by atoms with E-state index in [0.717, 1.165) is 22.3 Å². The van der Waals surface area contributed by atoms with E-state index in [1.165, 1.54) is 4.88 Å². The molecule has 2 aromatic heterocycles. The maximum absolute atomic E-state index is 5.36. The molecule has 2 heterocycles. The largest absolute Gasteiger partial charge is 0.481 e. The first-order valence-electron chi connectivity index (χ1n) is 6.21. The van der Waals surface area contributed by atoms with Crippen LogP contribution in [0.25, 0.3) is 0 Å². The normalized spacial score (nSPS) is 12.4. The van der Waals surface area contributed by atoms with Crippen molar-refractivity contribution in [1.82, 2.24) is 10.3 Å². The molecule has 0 saturated heterocycles. The van der Waals surface area contributed by atoms with Crippen molar-refractivity contribution in [3.05, 3.63) is 44.7 Å². The molecule has 102 valence electrons. The minimum Gasteiger partial charge on any atom is -0.481 e. The lowest BCUT2D eigenvalue weighted by Gasteiger charge is -2.19. The van der Waals surface area contributed by atoms with Gasteiger partial charge in [0.15, 0.2) is 0 Å². The number of pyridine rings is 1. The fraction of sp³-hybridized carbons (Fsp3) is 0.357. The minimum atomic E-state index is 0.221. The van der Waals surface area contributed by atoms with Crippen LogP contribution in [-0.2, 0) is 6.42 Å². The predicted molar refractivity (Wildman–Crippen MR) is 82.9 cm³/mol. The van der Waals surface area contributed by atoms with E-state index in [4.69, 9.17) is 4.74 Å². The number of nitrogens with one attached hydrogen (secondary N) is 1. The van der Waals surface area contributed by atoms with E-state index >= 15 is 0 Å². The summed E-state index contributed by atoms with van der Waals surface area (Å²) in [6, 6.07) is 8.49. The molecule has 0 bridgehead atoms. The van der Waals surface area contributed by atoms with Gasteiger partial charge in [-0.1, -0.05) is 13.0 Å². The Labute approximate surface area is 126 Å². The molecule has 0 fully saturated rings. The highest BCUT2D eigenvalue weighted by atomic mass is 79.9. The third-order valence-electron chi connectivity index (χ3n) is 2.85. The molecule has 0 saturated carbocycles. The molecule has 2 rings (SSSR count). The van der Waals surface area contributed by atoms with Gasteiger partial charge in [0.1, 0.15) is 0 Å². The summed E-state index contributed by atoms with van der Waals surface area (Å²) < 4.78 is 6.52.